The molecule has 13 nitrogen and oxygen atoms in total. The zero-order valence-corrected chi connectivity index (χ0v) is 26.9. The van der Waals surface area contributed by atoms with Crippen molar-refractivity contribution in [2.45, 2.75) is 92.4 Å². The summed E-state index contributed by atoms with van der Waals surface area (Å²) in [5, 5.41) is 15.8. The lowest BCUT2D eigenvalue weighted by Gasteiger charge is -2.33. The maximum atomic E-state index is 13.3. The minimum absolute atomic E-state index is 0. The van der Waals surface area contributed by atoms with E-state index in [1.165, 1.54) is 7.11 Å². The van der Waals surface area contributed by atoms with E-state index in [0.717, 1.165) is 11.1 Å². The van der Waals surface area contributed by atoms with Crippen LogP contribution in [0.15, 0.2) is 40.2 Å². The molecule has 4 heterocycles. The highest BCUT2D eigenvalue weighted by Gasteiger charge is 2.39. The molecule has 0 saturated carbocycles. The summed E-state index contributed by atoms with van der Waals surface area (Å²) < 4.78 is 40.1. The molecule has 3 aromatic heterocycles. The fourth-order valence-corrected chi connectivity index (χ4v) is 5.16. The number of ether oxygens (including phenoxy) is 1. The fraction of sp³-hybridized carbons (Fsp3) is 0.536. The van der Waals surface area contributed by atoms with Crippen LogP contribution in [0.1, 0.15) is 83.1 Å². The van der Waals surface area contributed by atoms with Crippen LogP contribution in [0.25, 0.3) is 0 Å². The summed E-state index contributed by atoms with van der Waals surface area (Å²) in [6, 6.07) is 4.94. The summed E-state index contributed by atoms with van der Waals surface area (Å²) in [6.45, 7) is 16.5. The Balaban J connectivity index is 0.00000122. The van der Waals surface area contributed by atoms with Crippen molar-refractivity contribution in [3.63, 3.8) is 0 Å². The number of aryl methyl sites for hydroxylation is 3. The van der Waals surface area contributed by atoms with Gasteiger partial charge in [-0.05, 0) is 60.1 Å². The van der Waals surface area contributed by atoms with Crippen LogP contribution < -0.4 is 14.9 Å². The Morgan fingerprint density at radius 1 is 1.14 bits per heavy atom. The molecule has 0 aromatic carbocycles. The van der Waals surface area contributed by atoms with E-state index in [1.807, 2.05) is 41.5 Å². The largest absolute Gasteiger partial charge is 0.481 e. The molecule has 1 unspecified atom stereocenters. The van der Waals surface area contributed by atoms with E-state index in [-0.39, 0.29) is 20.0 Å². The molecular weight excluding hydrogens is 560 g/mol. The minimum atomic E-state index is -3.82. The van der Waals surface area contributed by atoms with Gasteiger partial charge in [-0.15, -0.1) is 0 Å². The first kappa shape index (κ1) is 34.6. The zero-order valence-electron chi connectivity index (χ0n) is 26.1. The van der Waals surface area contributed by atoms with Gasteiger partial charge in [0.2, 0.25) is 15.9 Å². The highest BCUT2D eigenvalue weighted by Crippen LogP contribution is 2.31. The van der Waals surface area contributed by atoms with Crippen molar-refractivity contribution < 1.29 is 24.2 Å². The van der Waals surface area contributed by atoms with E-state index in [0.29, 0.717) is 34.7 Å². The number of pyridine rings is 1. The number of hydrazone groups is 1. The molecule has 0 radical (unpaired) electrons. The summed E-state index contributed by atoms with van der Waals surface area (Å²) in [4.78, 5) is 14.8. The zero-order chi connectivity index (χ0) is 31.6. The average Bonchev–Trinajstić information content (AvgIpc) is 3.52. The number of sulfonamides is 1. The van der Waals surface area contributed by atoms with E-state index in [2.05, 4.69) is 35.4 Å². The van der Waals surface area contributed by atoms with Gasteiger partial charge in [-0.1, -0.05) is 25.1 Å². The summed E-state index contributed by atoms with van der Waals surface area (Å²) in [5.41, 5.74) is 5.88. The number of nitrogens with zero attached hydrogens (tertiary/aromatic N) is 6. The number of hydrogen-bond acceptors (Lipinski definition) is 12. The van der Waals surface area contributed by atoms with E-state index in [9.17, 15) is 8.42 Å². The van der Waals surface area contributed by atoms with Crippen molar-refractivity contribution in [1.82, 2.24) is 35.2 Å². The first-order valence-electron chi connectivity index (χ1n) is 13.9. The third kappa shape index (κ3) is 8.94. The van der Waals surface area contributed by atoms with Gasteiger partial charge in [0.1, 0.15) is 17.3 Å². The second-order valence-corrected chi connectivity index (χ2v) is 11.9. The first-order chi connectivity index (χ1) is 19.8. The van der Waals surface area contributed by atoms with Gasteiger partial charge in [0.05, 0.1) is 24.1 Å². The van der Waals surface area contributed by atoms with Gasteiger partial charge in [0.15, 0.2) is 12.1 Å². The van der Waals surface area contributed by atoms with Crippen molar-refractivity contribution in [3.05, 3.63) is 64.7 Å². The molecule has 0 spiro atoms. The molecule has 0 saturated heterocycles. The van der Waals surface area contributed by atoms with Crippen molar-refractivity contribution in [3.8, 4) is 5.88 Å². The number of nitrogens with one attached hydrogen (secondary N) is 2. The molecule has 14 heteroatoms. The van der Waals surface area contributed by atoms with Crippen LogP contribution in [0.3, 0.4) is 0 Å². The number of hydrogen-bond donors (Lipinski definition) is 3. The van der Waals surface area contributed by atoms with Crippen LogP contribution in [0.5, 0.6) is 5.88 Å². The lowest BCUT2D eigenvalue weighted by Crippen LogP contribution is -2.55. The smallest absolute Gasteiger partial charge is 0.217 e. The lowest BCUT2D eigenvalue weighted by atomic mass is 10.0. The summed E-state index contributed by atoms with van der Waals surface area (Å²) in [6.07, 6.45) is 2.44. The Labute approximate surface area is 250 Å². The van der Waals surface area contributed by atoms with Gasteiger partial charge in [-0.3, -0.25) is 5.43 Å². The van der Waals surface area contributed by atoms with Crippen LogP contribution in [-0.2, 0) is 16.4 Å². The first-order valence-corrected chi connectivity index (χ1v) is 15.4. The third-order valence-corrected chi connectivity index (χ3v) is 7.79. The molecular formula is C28H46N8O5S. The van der Waals surface area contributed by atoms with Crippen molar-refractivity contribution in [2.75, 3.05) is 7.11 Å². The molecule has 0 amide bonds. The molecule has 1 aliphatic rings. The predicted octanol–water partition coefficient (Wildman–Crippen LogP) is 3.61. The van der Waals surface area contributed by atoms with Gasteiger partial charge in [-0.2, -0.15) is 9.82 Å². The van der Waals surface area contributed by atoms with Crippen LogP contribution >= 0.6 is 0 Å². The number of methoxy groups -OCH3 is 1. The molecule has 3 aromatic rings. The Bertz CT molecular complexity index is 1390. The Morgan fingerprint density at radius 3 is 2.31 bits per heavy atom. The molecule has 0 aliphatic carbocycles. The average molecular weight is 607 g/mol. The van der Waals surface area contributed by atoms with Crippen molar-refractivity contribution in [2.24, 2.45) is 5.10 Å². The van der Waals surface area contributed by atoms with E-state index in [1.54, 1.807) is 56.3 Å². The highest BCUT2D eigenvalue weighted by molar-refractivity contribution is 7.90. The third-order valence-electron chi connectivity index (χ3n) is 6.01. The fourth-order valence-electron chi connectivity index (χ4n) is 4.09. The molecule has 3 N–H and O–H groups in total. The molecule has 3 atom stereocenters. The van der Waals surface area contributed by atoms with Gasteiger partial charge in [0, 0.05) is 38.0 Å². The number of rotatable bonds is 9. The molecule has 0 bridgehead atoms. The predicted molar refractivity (Wildman–Crippen MR) is 163 cm³/mol. The molecule has 234 valence electrons. The SMILES string of the molecule is CC.CC(C)O.COc1cccc(C2=NNC(NS(=O)(=O)[C@@H](C)Cc3ncc(C)cn3)N2[C@H](C)c2c(C)noc2C)n1.[HH]. The lowest BCUT2D eigenvalue weighted by molar-refractivity contribution is 0.216. The Morgan fingerprint density at radius 2 is 1.76 bits per heavy atom. The monoisotopic (exact) mass is 606 g/mol. The van der Waals surface area contributed by atoms with Gasteiger partial charge in [-0.25, -0.2) is 23.4 Å². The molecule has 42 heavy (non-hydrogen) atoms. The van der Waals surface area contributed by atoms with Gasteiger partial charge in [0.25, 0.3) is 0 Å². The maximum Gasteiger partial charge on any atom is 0.217 e. The standard InChI is InChI=1S/C23H30N8O4S.C3H8O.C2H6.H2/c1-13-11-24-19(25-12-13)10-14(2)36(32,33)30-23-28-27-22(18-8-7-9-20(26-18)34-6)31(23)16(4)21-15(3)29-35-17(21)5;1-3(2)4;1-2;/h7-9,11-12,14,16,23,28,30H,10H2,1-6H3;3-4H,1-2H3;1-2H3;1H/t14-,16+,23?;;;/m0.../s1. The van der Waals surface area contributed by atoms with E-state index < -0.39 is 21.6 Å². The van der Waals surface area contributed by atoms with Crippen molar-refractivity contribution >= 4 is 15.9 Å². The number of aromatic nitrogens is 4. The van der Waals surface area contributed by atoms with E-state index in [4.69, 9.17) is 14.4 Å². The summed E-state index contributed by atoms with van der Waals surface area (Å²) in [5.74, 6) is 1.95. The molecule has 4 rings (SSSR count). The van der Waals surface area contributed by atoms with Crippen molar-refractivity contribution in [1.29, 1.82) is 0 Å². The topological polar surface area (TPSA) is 168 Å². The second-order valence-electron chi connectivity index (χ2n) is 9.80. The maximum absolute atomic E-state index is 13.3. The Hall–Kier alpha value is -3.62. The summed E-state index contributed by atoms with van der Waals surface area (Å²) in [7, 11) is -2.29. The van der Waals surface area contributed by atoms with Crippen LogP contribution in [-0.4, -0.2) is 69.1 Å². The van der Waals surface area contributed by atoms with Crippen LogP contribution in [0.4, 0.5) is 0 Å². The number of aliphatic hydroxyl groups is 1. The van der Waals surface area contributed by atoms with E-state index >= 15 is 0 Å². The Kier molecular flexibility index (Phi) is 12.8. The quantitative estimate of drug-likeness (QED) is 0.325. The minimum Gasteiger partial charge on any atom is -0.481 e. The normalized spacial score (nSPS) is 16.0. The molecule has 1 aliphatic heterocycles. The molecule has 0 fully saturated rings. The van der Waals surface area contributed by atoms with Crippen LogP contribution in [0.2, 0.25) is 0 Å². The second kappa shape index (κ2) is 15.6. The number of aliphatic hydroxyl groups excluding tert-OH is 1. The van der Waals surface area contributed by atoms with Crippen LogP contribution in [0, 0.1) is 20.8 Å². The highest BCUT2D eigenvalue weighted by atomic mass is 32.2. The van der Waals surface area contributed by atoms with Gasteiger partial charge < -0.3 is 19.3 Å². The van der Waals surface area contributed by atoms with Gasteiger partial charge >= 0.3 is 0 Å². The number of amidine groups is 1. The summed E-state index contributed by atoms with van der Waals surface area (Å²) >= 11 is 0.